The fraction of sp³-hybridized carbons (Fsp3) is 0.267. The average Bonchev–Trinajstić information content (AvgIpc) is 2.87. The summed E-state index contributed by atoms with van der Waals surface area (Å²) in [6.07, 6.45) is 5.22. The molecule has 1 aromatic heterocycles. The third-order valence-electron chi connectivity index (χ3n) is 2.81. The standard InChI is InChI=1S/C15H15N3O3/c1-3-8-18(10-14(19)20)9-13-16-15(21-17-13)12-6-4-11(2)5-7-12/h1,4-7H,8-10H2,2H3,(H,19,20). The van der Waals surface area contributed by atoms with Gasteiger partial charge in [-0.05, 0) is 19.1 Å². The Bertz CT molecular complexity index is 656. The van der Waals surface area contributed by atoms with Crippen molar-refractivity contribution in [1.82, 2.24) is 15.0 Å². The highest BCUT2D eigenvalue weighted by atomic mass is 16.5. The summed E-state index contributed by atoms with van der Waals surface area (Å²) in [6, 6.07) is 7.69. The fourth-order valence-corrected chi connectivity index (χ4v) is 1.82. The molecule has 21 heavy (non-hydrogen) atoms. The van der Waals surface area contributed by atoms with Crippen molar-refractivity contribution in [1.29, 1.82) is 0 Å². The molecule has 2 rings (SSSR count). The van der Waals surface area contributed by atoms with Crippen LogP contribution in [0, 0.1) is 19.3 Å². The van der Waals surface area contributed by atoms with E-state index in [0.29, 0.717) is 11.7 Å². The molecule has 0 aliphatic heterocycles. The molecule has 0 aliphatic rings. The van der Waals surface area contributed by atoms with Gasteiger partial charge in [-0.25, -0.2) is 0 Å². The first kappa shape index (κ1) is 14.8. The van der Waals surface area contributed by atoms with Crippen LogP contribution in [0.4, 0.5) is 0 Å². The minimum absolute atomic E-state index is 0.168. The second-order valence-corrected chi connectivity index (χ2v) is 4.62. The van der Waals surface area contributed by atoms with Crippen LogP contribution in [0.1, 0.15) is 11.4 Å². The molecule has 1 aromatic carbocycles. The number of aromatic nitrogens is 2. The molecule has 0 aliphatic carbocycles. The highest BCUT2D eigenvalue weighted by molar-refractivity contribution is 5.69. The molecule has 0 atom stereocenters. The quantitative estimate of drug-likeness (QED) is 0.811. The number of hydrogen-bond donors (Lipinski definition) is 1. The number of aliphatic carboxylic acids is 1. The van der Waals surface area contributed by atoms with E-state index in [2.05, 4.69) is 16.1 Å². The molecule has 0 radical (unpaired) electrons. The topological polar surface area (TPSA) is 79.5 Å². The Morgan fingerprint density at radius 2 is 2.14 bits per heavy atom. The summed E-state index contributed by atoms with van der Waals surface area (Å²) >= 11 is 0. The number of nitrogens with zero attached hydrogens (tertiary/aromatic N) is 3. The summed E-state index contributed by atoms with van der Waals surface area (Å²) in [5.41, 5.74) is 1.96. The smallest absolute Gasteiger partial charge is 0.317 e. The summed E-state index contributed by atoms with van der Waals surface area (Å²) < 4.78 is 5.19. The lowest BCUT2D eigenvalue weighted by atomic mass is 10.1. The maximum atomic E-state index is 10.8. The van der Waals surface area contributed by atoms with Crippen molar-refractivity contribution in [2.24, 2.45) is 0 Å². The van der Waals surface area contributed by atoms with Gasteiger partial charge in [-0.15, -0.1) is 6.42 Å². The van der Waals surface area contributed by atoms with Crippen molar-refractivity contribution in [2.45, 2.75) is 13.5 Å². The number of carboxylic acid groups (broad SMARTS) is 1. The van der Waals surface area contributed by atoms with Gasteiger partial charge in [-0.1, -0.05) is 28.8 Å². The number of terminal acetylenes is 1. The van der Waals surface area contributed by atoms with Crippen LogP contribution in [0.3, 0.4) is 0 Å². The molecule has 6 nitrogen and oxygen atoms in total. The van der Waals surface area contributed by atoms with Gasteiger partial charge in [0.25, 0.3) is 5.89 Å². The van der Waals surface area contributed by atoms with Gasteiger partial charge in [-0.3, -0.25) is 9.69 Å². The third kappa shape index (κ3) is 4.16. The van der Waals surface area contributed by atoms with E-state index < -0.39 is 5.97 Å². The van der Waals surface area contributed by atoms with Gasteiger partial charge in [0.1, 0.15) is 0 Å². The van der Waals surface area contributed by atoms with Crippen LogP contribution in [0.15, 0.2) is 28.8 Å². The molecule has 1 heterocycles. The highest BCUT2D eigenvalue weighted by Crippen LogP contribution is 2.17. The molecular formula is C15H15N3O3. The minimum atomic E-state index is -0.951. The highest BCUT2D eigenvalue weighted by Gasteiger charge is 2.14. The zero-order valence-corrected chi connectivity index (χ0v) is 11.6. The predicted octanol–water partition coefficient (Wildman–Crippen LogP) is 1.56. The summed E-state index contributed by atoms with van der Waals surface area (Å²) in [4.78, 5) is 16.6. The minimum Gasteiger partial charge on any atom is -0.480 e. The molecule has 0 unspecified atom stereocenters. The first-order valence-corrected chi connectivity index (χ1v) is 6.35. The van der Waals surface area contributed by atoms with Crippen molar-refractivity contribution < 1.29 is 14.4 Å². The van der Waals surface area contributed by atoms with E-state index in [1.54, 1.807) is 4.90 Å². The van der Waals surface area contributed by atoms with Gasteiger partial charge in [0.15, 0.2) is 5.82 Å². The van der Waals surface area contributed by atoms with E-state index in [1.807, 2.05) is 31.2 Å². The third-order valence-corrected chi connectivity index (χ3v) is 2.81. The second kappa shape index (κ2) is 6.68. The molecule has 0 fully saturated rings. The summed E-state index contributed by atoms with van der Waals surface area (Å²) in [6.45, 7) is 2.26. The second-order valence-electron chi connectivity index (χ2n) is 4.62. The Kier molecular flexibility index (Phi) is 4.69. The first-order valence-electron chi connectivity index (χ1n) is 6.35. The zero-order valence-electron chi connectivity index (χ0n) is 11.6. The van der Waals surface area contributed by atoms with Crippen molar-refractivity contribution >= 4 is 5.97 Å². The van der Waals surface area contributed by atoms with Crippen molar-refractivity contribution in [3.63, 3.8) is 0 Å². The first-order chi connectivity index (χ1) is 10.1. The lowest BCUT2D eigenvalue weighted by Gasteiger charge is -2.14. The number of rotatable bonds is 6. The van der Waals surface area contributed by atoms with Crippen molar-refractivity contribution in [3.8, 4) is 23.8 Å². The van der Waals surface area contributed by atoms with Crippen LogP contribution in [-0.4, -0.2) is 39.2 Å². The molecular weight excluding hydrogens is 270 g/mol. The number of benzene rings is 1. The number of aryl methyl sites for hydroxylation is 1. The fourth-order valence-electron chi connectivity index (χ4n) is 1.82. The Morgan fingerprint density at radius 1 is 1.43 bits per heavy atom. The van der Waals surface area contributed by atoms with E-state index in [4.69, 9.17) is 16.1 Å². The Hall–Kier alpha value is -2.65. The summed E-state index contributed by atoms with van der Waals surface area (Å²) in [5, 5.41) is 12.7. The molecule has 2 aromatic rings. The molecule has 0 saturated carbocycles. The Balaban J connectivity index is 2.10. The van der Waals surface area contributed by atoms with Gasteiger partial charge in [-0.2, -0.15) is 4.98 Å². The van der Waals surface area contributed by atoms with E-state index >= 15 is 0 Å². The van der Waals surface area contributed by atoms with E-state index in [1.165, 1.54) is 0 Å². The monoisotopic (exact) mass is 285 g/mol. The zero-order chi connectivity index (χ0) is 15.2. The van der Waals surface area contributed by atoms with Crippen LogP contribution < -0.4 is 0 Å². The van der Waals surface area contributed by atoms with Gasteiger partial charge >= 0.3 is 5.97 Å². The predicted molar refractivity (Wildman–Crippen MR) is 76.2 cm³/mol. The maximum Gasteiger partial charge on any atom is 0.317 e. The normalized spacial score (nSPS) is 10.5. The average molecular weight is 285 g/mol. The molecule has 1 N–H and O–H groups in total. The van der Waals surface area contributed by atoms with Gasteiger partial charge in [0, 0.05) is 5.56 Å². The number of carboxylic acids is 1. The maximum absolute atomic E-state index is 10.8. The van der Waals surface area contributed by atoms with Crippen LogP contribution in [0.5, 0.6) is 0 Å². The molecule has 0 saturated heterocycles. The van der Waals surface area contributed by atoms with Crippen molar-refractivity contribution in [2.75, 3.05) is 13.1 Å². The number of carbonyl (C=O) groups is 1. The molecule has 0 bridgehead atoms. The van der Waals surface area contributed by atoms with E-state index in [9.17, 15) is 4.79 Å². The molecule has 6 heteroatoms. The number of hydrogen-bond acceptors (Lipinski definition) is 5. The SMILES string of the molecule is C#CCN(CC(=O)O)Cc1noc(-c2ccc(C)cc2)n1. The van der Waals surface area contributed by atoms with Gasteiger partial charge < -0.3 is 9.63 Å². The summed E-state index contributed by atoms with van der Waals surface area (Å²) in [5.74, 6) is 2.27. The molecule has 0 spiro atoms. The Labute approximate surface area is 122 Å². The van der Waals surface area contributed by atoms with E-state index in [0.717, 1.165) is 11.1 Å². The van der Waals surface area contributed by atoms with E-state index in [-0.39, 0.29) is 19.6 Å². The van der Waals surface area contributed by atoms with Crippen LogP contribution in [-0.2, 0) is 11.3 Å². The van der Waals surface area contributed by atoms with Crippen LogP contribution in [0.2, 0.25) is 0 Å². The largest absolute Gasteiger partial charge is 0.480 e. The lowest BCUT2D eigenvalue weighted by molar-refractivity contribution is -0.138. The summed E-state index contributed by atoms with van der Waals surface area (Å²) in [7, 11) is 0. The lowest BCUT2D eigenvalue weighted by Crippen LogP contribution is -2.30. The van der Waals surface area contributed by atoms with Gasteiger partial charge in [0.05, 0.1) is 19.6 Å². The van der Waals surface area contributed by atoms with Crippen molar-refractivity contribution in [3.05, 3.63) is 35.7 Å². The van der Waals surface area contributed by atoms with Crippen LogP contribution in [0.25, 0.3) is 11.5 Å². The molecule has 108 valence electrons. The van der Waals surface area contributed by atoms with Gasteiger partial charge in [0.2, 0.25) is 0 Å². The van der Waals surface area contributed by atoms with Crippen LogP contribution >= 0.6 is 0 Å². The molecule has 0 amide bonds. The Morgan fingerprint density at radius 3 is 2.76 bits per heavy atom.